The Bertz CT molecular complexity index is 485. The molecule has 1 atom stereocenters. The normalized spacial score (nSPS) is 19.0. The van der Waals surface area contributed by atoms with E-state index in [-0.39, 0.29) is 11.8 Å². The van der Waals surface area contributed by atoms with E-state index in [2.05, 4.69) is 11.4 Å². The van der Waals surface area contributed by atoms with E-state index in [9.17, 15) is 4.79 Å². The van der Waals surface area contributed by atoms with E-state index in [0.717, 1.165) is 25.1 Å². The maximum absolute atomic E-state index is 11.4. The Kier molecular flexibility index (Phi) is 3.96. The van der Waals surface area contributed by atoms with Gasteiger partial charge in [0.1, 0.15) is 6.07 Å². The number of hydrogen-bond donors (Lipinski definition) is 1. The summed E-state index contributed by atoms with van der Waals surface area (Å²) in [6.45, 7) is 2.97. The van der Waals surface area contributed by atoms with E-state index in [4.69, 9.17) is 10.00 Å². The Labute approximate surface area is 107 Å². The molecule has 1 fully saturated rings. The molecule has 94 valence electrons. The van der Waals surface area contributed by atoms with Crippen molar-refractivity contribution in [3.63, 3.8) is 0 Å². The summed E-state index contributed by atoms with van der Waals surface area (Å²) >= 11 is 0. The third-order valence-corrected chi connectivity index (χ3v) is 3.07. The highest BCUT2D eigenvalue weighted by Gasteiger charge is 2.15. The molecule has 1 aliphatic rings. The lowest BCUT2D eigenvalue weighted by molar-refractivity contribution is 0.0876. The van der Waals surface area contributed by atoms with E-state index in [1.54, 1.807) is 18.2 Å². The largest absolute Gasteiger partial charge is 0.379 e. The summed E-state index contributed by atoms with van der Waals surface area (Å²) in [4.78, 5) is 11.4. The second-order valence-corrected chi connectivity index (χ2v) is 4.49. The van der Waals surface area contributed by atoms with E-state index < -0.39 is 0 Å². The Morgan fingerprint density at radius 3 is 3.00 bits per heavy atom. The van der Waals surface area contributed by atoms with Crippen molar-refractivity contribution >= 4 is 11.5 Å². The van der Waals surface area contributed by atoms with Crippen LogP contribution in [0.4, 0.5) is 5.69 Å². The zero-order valence-electron chi connectivity index (χ0n) is 10.4. The van der Waals surface area contributed by atoms with Gasteiger partial charge in [-0.3, -0.25) is 4.79 Å². The predicted molar refractivity (Wildman–Crippen MR) is 68.6 cm³/mol. The van der Waals surface area contributed by atoms with Crippen LogP contribution in [0.25, 0.3) is 0 Å². The molecule has 0 saturated carbocycles. The molecular formula is C14H16N2O2. The molecule has 1 N–H and O–H groups in total. The number of carbonyl (C=O) groups excluding carboxylic acids is 1. The van der Waals surface area contributed by atoms with Gasteiger partial charge in [-0.15, -0.1) is 0 Å². The molecule has 1 saturated heterocycles. The average molecular weight is 244 g/mol. The molecule has 1 aromatic rings. The summed E-state index contributed by atoms with van der Waals surface area (Å²) in [5, 5.41) is 12.4. The van der Waals surface area contributed by atoms with Crippen molar-refractivity contribution in [3.8, 4) is 6.07 Å². The molecule has 0 radical (unpaired) electrons. The topological polar surface area (TPSA) is 62.1 Å². The van der Waals surface area contributed by atoms with Gasteiger partial charge in [0.2, 0.25) is 0 Å². The third kappa shape index (κ3) is 2.88. The second kappa shape index (κ2) is 5.65. The van der Waals surface area contributed by atoms with E-state index in [1.165, 1.54) is 6.92 Å². The third-order valence-electron chi connectivity index (χ3n) is 3.07. The molecule has 4 nitrogen and oxygen atoms in total. The average Bonchev–Trinajstić information content (AvgIpc) is 2.39. The quantitative estimate of drug-likeness (QED) is 0.829. The van der Waals surface area contributed by atoms with Gasteiger partial charge in [0.25, 0.3) is 0 Å². The standard InChI is InChI=1S/C14H16N2O2/c1-10(17)11-4-5-12(8-15)14(7-11)16-13-3-2-6-18-9-13/h4-5,7,13,16H,2-3,6,9H2,1H3. The maximum Gasteiger partial charge on any atom is 0.159 e. The number of nitrogens with one attached hydrogen (secondary N) is 1. The van der Waals surface area contributed by atoms with Gasteiger partial charge < -0.3 is 10.1 Å². The van der Waals surface area contributed by atoms with Gasteiger partial charge in [-0.1, -0.05) is 0 Å². The fourth-order valence-electron chi connectivity index (χ4n) is 2.05. The minimum Gasteiger partial charge on any atom is -0.379 e. The lowest BCUT2D eigenvalue weighted by atomic mass is 10.0. The van der Waals surface area contributed by atoms with Crippen molar-refractivity contribution in [2.75, 3.05) is 18.5 Å². The van der Waals surface area contributed by atoms with Crippen molar-refractivity contribution in [2.24, 2.45) is 0 Å². The van der Waals surface area contributed by atoms with Gasteiger partial charge in [0.15, 0.2) is 5.78 Å². The molecule has 0 spiro atoms. The highest BCUT2D eigenvalue weighted by Crippen LogP contribution is 2.20. The van der Waals surface area contributed by atoms with E-state index >= 15 is 0 Å². The zero-order valence-corrected chi connectivity index (χ0v) is 10.4. The second-order valence-electron chi connectivity index (χ2n) is 4.49. The summed E-state index contributed by atoms with van der Waals surface area (Å²) < 4.78 is 5.39. The Hall–Kier alpha value is -1.86. The monoisotopic (exact) mass is 244 g/mol. The molecule has 1 heterocycles. The number of carbonyl (C=O) groups is 1. The van der Waals surface area contributed by atoms with Gasteiger partial charge >= 0.3 is 0 Å². The number of nitriles is 1. The number of anilines is 1. The molecule has 1 aliphatic heterocycles. The molecule has 0 bridgehead atoms. The van der Waals surface area contributed by atoms with Crippen LogP contribution in [0.2, 0.25) is 0 Å². The number of hydrogen-bond acceptors (Lipinski definition) is 4. The number of rotatable bonds is 3. The predicted octanol–water partition coefficient (Wildman–Crippen LogP) is 2.35. The van der Waals surface area contributed by atoms with Crippen LogP contribution in [0.1, 0.15) is 35.7 Å². The van der Waals surface area contributed by atoms with Gasteiger partial charge in [-0.05, 0) is 38.0 Å². The molecular weight excluding hydrogens is 228 g/mol. The Morgan fingerprint density at radius 1 is 1.56 bits per heavy atom. The van der Waals surface area contributed by atoms with E-state index in [0.29, 0.717) is 17.7 Å². The first-order chi connectivity index (χ1) is 8.70. The smallest absolute Gasteiger partial charge is 0.159 e. The first kappa shape index (κ1) is 12.6. The lowest BCUT2D eigenvalue weighted by Crippen LogP contribution is -2.30. The summed E-state index contributed by atoms with van der Waals surface area (Å²) in [6, 6.07) is 7.47. The molecule has 0 amide bonds. The highest BCUT2D eigenvalue weighted by atomic mass is 16.5. The Balaban J connectivity index is 2.21. The van der Waals surface area contributed by atoms with Crippen LogP contribution in [-0.2, 0) is 4.74 Å². The number of ether oxygens (including phenoxy) is 1. The number of nitrogens with zero attached hydrogens (tertiary/aromatic N) is 1. The van der Waals surface area contributed by atoms with Crippen LogP contribution in [0.5, 0.6) is 0 Å². The zero-order chi connectivity index (χ0) is 13.0. The molecule has 1 unspecified atom stereocenters. The minimum absolute atomic E-state index is 0.00225. The van der Waals surface area contributed by atoms with Crippen LogP contribution in [0, 0.1) is 11.3 Å². The maximum atomic E-state index is 11.4. The first-order valence-corrected chi connectivity index (χ1v) is 6.10. The van der Waals surface area contributed by atoms with Crippen molar-refractivity contribution in [3.05, 3.63) is 29.3 Å². The molecule has 18 heavy (non-hydrogen) atoms. The van der Waals surface area contributed by atoms with Crippen molar-refractivity contribution in [1.29, 1.82) is 5.26 Å². The van der Waals surface area contributed by atoms with Crippen LogP contribution in [-0.4, -0.2) is 25.0 Å². The van der Waals surface area contributed by atoms with Crippen LogP contribution < -0.4 is 5.32 Å². The summed E-state index contributed by atoms with van der Waals surface area (Å²) in [7, 11) is 0. The summed E-state index contributed by atoms with van der Waals surface area (Å²) in [6.07, 6.45) is 2.04. The van der Waals surface area contributed by atoms with Crippen LogP contribution in [0.3, 0.4) is 0 Å². The van der Waals surface area contributed by atoms with Gasteiger partial charge in [0.05, 0.1) is 17.9 Å². The highest BCUT2D eigenvalue weighted by molar-refractivity contribution is 5.95. The molecule has 4 heteroatoms. The van der Waals surface area contributed by atoms with Crippen molar-refractivity contribution in [1.82, 2.24) is 0 Å². The fourth-order valence-corrected chi connectivity index (χ4v) is 2.05. The van der Waals surface area contributed by atoms with Gasteiger partial charge in [-0.2, -0.15) is 5.26 Å². The lowest BCUT2D eigenvalue weighted by Gasteiger charge is -2.24. The van der Waals surface area contributed by atoms with Gasteiger partial charge in [0, 0.05) is 18.2 Å². The Morgan fingerprint density at radius 2 is 2.39 bits per heavy atom. The van der Waals surface area contributed by atoms with Crippen molar-refractivity contribution < 1.29 is 9.53 Å². The first-order valence-electron chi connectivity index (χ1n) is 6.10. The minimum atomic E-state index is 0.00225. The fraction of sp³-hybridized carbons (Fsp3) is 0.429. The summed E-state index contributed by atoms with van der Waals surface area (Å²) in [5.74, 6) is 0.00225. The molecule has 2 rings (SSSR count). The van der Waals surface area contributed by atoms with Crippen molar-refractivity contribution in [2.45, 2.75) is 25.8 Å². The van der Waals surface area contributed by atoms with Gasteiger partial charge in [-0.25, -0.2) is 0 Å². The summed E-state index contributed by atoms with van der Waals surface area (Å²) in [5.41, 5.74) is 1.90. The number of benzene rings is 1. The molecule has 1 aromatic carbocycles. The number of Topliss-reactive ketones (excluding diaryl/α,β-unsaturated/α-hetero) is 1. The molecule has 0 aromatic heterocycles. The van der Waals surface area contributed by atoms with Crippen LogP contribution in [0.15, 0.2) is 18.2 Å². The van der Waals surface area contributed by atoms with Crippen LogP contribution >= 0.6 is 0 Å². The number of ketones is 1. The SMILES string of the molecule is CC(=O)c1ccc(C#N)c(NC2CCCOC2)c1. The molecule has 0 aliphatic carbocycles. The van der Waals surface area contributed by atoms with E-state index in [1.807, 2.05) is 0 Å².